The summed E-state index contributed by atoms with van der Waals surface area (Å²) < 4.78 is 0. The fourth-order valence-corrected chi connectivity index (χ4v) is 3.30. The highest BCUT2D eigenvalue weighted by atomic mass is 16.2. The molecule has 0 bridgehead atoms. The summed E-state index contributed by atoms with van der Waals surface area (Å²) in [6, 6.07) is 0.268. The SMILES string of the molecule is NCC(CC(=O)N1CCCC1)N(CC1CC1)CC1CC1. The summed E-state index contributed by atoms with van der Waals surface area (Å²) in [5.41, 5.74) is 6.00. The van der Waals surface area contributed by atoms with Crippen LogP contribution < -0.4 is 5.73 Å². The highest BCUT2D eigenvalue weighted by Crippen LogP contribution is 2.34. The number of carbonyl (C=O) groups is 1. The number of hydrogen-bond acceptors (Lipinski definition) is 3. The number of amides is 1. The zero-order valence-corrected chi connectivity index (χ0v) is 12.6. The Morgan fingerprint density at radius 2 is 1.65 bits per heavy atom. The Hall–Kier alpha value is -0.610. The Bertz CT molecular complexity index is 319. The molecule has 3 aliphatic rings. The summed E-state index contributed by atoms with van der Waals surface area (Å²) in [5, 5.41) is 0. The van der Waals surface area contributed by atoms with Gasteiger partial charge in [0.15, 0.2) is 0 Å². The second kappa shape index (κ2) is 6.44. The van der Waals surface area contributed by atoms with E-state index in [4.69, 9.17) is 5.73 Å². The molecule has 1 heterocycles. The van der Waals surface area contributed by atoms with E-state index < -0.39 is 0 Å². The standard InChI is InChI=1S/C16H29N3O/c17-10-15(9-16(20)18-7-1-2-8-18)19(11-13-3-4-13)12-14-5-6-14/h13-15H,1-12,17H2. The number of rotatable bonds is 8. The Morgan fingerprint density at radius 1 is 1.10 bits per heavy atom. The summed E-state index contributed by atoms with van der Waals surface area (Å²) in [6.45, 7) is 4.89. The number of hydrogen-bond donors (Lipinski definition) is 1. The summed E-state index contributed by atoms with van der Waals surface area (Å²) in [7, 11) is 0. The molecule has 0 aromatic carbocycles. The monoisotopic (exact) mass is 279 g/mol. The van der Waals surface area contributed by atoms with Gasteiger partial charge in [0.1, 0.15) is 0 Å². The van der Waals surface area contributed by atoms with Gasteiger partial charge in [-0.2, -0.15) is 0 Å². The minimum Gasteiger partial charge on any atom is -0.343 e. The van der Waals surface area contributed by atoms with Crippen molar-refractivity contribution in [3.8, 4) is 0 Å². The van der Waals surface area contributed by atoms with Crippen LogP contribution in [0.25, 0.3) is 0 Å². The van der Waals surface area contributed by atoms with Crippen LogP contribution in [-0.2, 0) is 4.79 Å². The third kappa shape index (κ3) is 3.95. The van der Waals surface area contributed by atoms with E-state index in [0.29, 0.717) is 18.9 Å². The highest BCUT2D eigenvalue weighted by Gasteiger charge is 2.33. The molecule has 1 amide bonds. The molecule has 1 saturated heterocycles. The zero-order chi connectivity index (χ0) is 13.9. The molecular formula is C16H29N3O. The first-order valence-corrected chi connectivity index (χ1v) is 8.48. The van der Waals surface area contributed by atoms with E-state index in [-0.39, 0.29) is 6.04 Å². The lowest BCUT2D eigenvalue weighted by Crippen LogP contribution is -2.46. The maximum atomic E-state index is 12.4. The van der Waals surface area contributed by atoms with Gasteiger partial charge in [-0.3, -0.25) is 9.69 Å². The molecule has 4 nitrogen and oxygen atoms in total. The smallest absolute Gasteiger partial charge is 0.224 e. The van der Waals surface area contributed by atoms with E-state index in [9.17, 15) is 4.79 Å². The molecule has 4 heteroatoms. The fourth-order valence-electron chi connectivity index (χ4n) is 3.30. The zero-order valence-electron chi connectivity index (χ0n) is 12.6. The van der Waals surface area contributed by atoms with Crippen LogP contribution in [0.3, 0.4) is 0 Å². The van der Waals surface area contributed by atoms with Crippen LogP contribution in [0.4, 0.5) is 0 Å². The van der Waals surface area contributed by atoms with Crippen LogP contribution in [0.2, 0.25) is 0 Å². The average molecular weight is 279 g/mol. The normalized spacial score (nSPS) is 24.4. The molecule has 1 aliphatic heterocycles. The van der Waals surface area contributed by atoms with Crippen molar-refractivity contribution >= 4 is 5.91 Å². The van der Waals surface area contributed by atoms with Gasteiger partial charge in [-0.15, -0.1) is 0 Å². The highest BCUT2D eigenvalue weighted by molar-refractivity contribution is 5.77. The number of likely N-dealkylation sites (tertiary alicyclic amines) is 1. The first kappa shape index (κ1) is 14.3. The lowest BCUT2D eigenvalue weighted by atomic mass is 10.1. The van der Waals surface area contributed by atoms with Crippen LogP contribution >= 0.6 is 0 Å². The molecule has 0 aromatic heterocycles. The van der Waals surface area contributed by atoms with Gasteiger partial charge in [-0.1, -0.05) is 0 Å². The molecule has 0 spiro atoms. The molecule has 2 saturated carbocycles. The number of nitrogens with two attached hydrogens (primary N) is 1. The van der Waals surface area contributed by atoms with Crippen molar-refractivity contribution in [2.75, 3.05) is 32.7 Å². The lowest BCUT2D eigenvalue weighted by Gasteiger charge is -2.32. The summed E-state index contributed by atoms with van der Waals surface area (Å²) in [4.78, 5) is 16.9. The lowest BCUT2D eigenvalue weighted by molar-refractivity contribution is -0.131. The van der Waals surface area contributed by atoms with Crippen LogP contribution in [0, 0.1) is 11.8 Å². The molecule has 3 rings (SSSR count). The van der Waals surface area contributed by atoms with Crippen molar-refractivity contribution in [3.05, 3.63) is 0 Å². The molecular weight excluding hydrogens is 250 g/mol. The van der Waals surface area contributed by atoms with E-state index in [1.165, 1.54) is 51.6 Å². The van der Waals surface area contributed by atoms with Crippen molar-refractivity contribution < 1.29 is 4.79 Å². The quantitative estimate of drug-likeness (QED) is 0.731. The van der Waals surface area contributed by atoms with E-state index in [0.717, 1.165) is 24.9 Å². The predicted octanol–water partition coefficient (Wildman–Crippen LogP) is 1.45. The topological polar surface area (TPSA) is 49.6 Å². The van der Waals surface area contributed by atoms with E-state index >= 15 is 0 Å². The molecule has 20 heavy (non-hydrogen) atoms. The van der Waals surface area contributed by atoms with E-state index in [1.807, 2.05) is 4.90 Å². The average Bonchev–Trinajstić information content (AvgIpc) is 3.37. The fraction of sp³-hybridized carbons (Fsp3) is 0.938. The Balaban J connectivity index is 1.54. The van der Waals surface area contributed by atoms with Crippen LogP contribution in [0.15, 0.2) is 0 Å². The van der Waals surface area contributed by atoms with Gasteiger partial charge in [0.2, 0.25) is 5.91 Å². The van der Waals surface area contributed by atoms with Crippen molar-refractivity contribution in [3.63, 3.8) is 0 Å². The minimum atomic E-state index is 0.268. The molecule has 2 N–H and O–H groups in total. The van der Waals surface area contributed by atoms with Crippen LogP contribution in [-0.4, -0.2) is 54.5 Å². The van der Waals surface area contributed by atoms with E-state index in [2.05, 4.69) is 4.90 Å². The van der Waals surface area contributed by atoms with Gasteiger partial charge in [0, 0.05) is 45.2 Å². The number of nitrogens with zero attached hydrogens (tertiary/aromatic N) is 2. The van der Waals surface area contributed by atoms with Gasteiger partial charge in [0.25, 0.3) is 0 Å². The van der Waals surface area contributed by atoms with Gasteiger partial charge in [0.05, 0.1) is 0 Å². The third-order valence-electron chi connectivity index (χ3n) is 5.04. The maximum absolute atomic E-state index is 12.4. The maximum Gasteiger partial charge on any atom is 0.224 e. The summed E-state index contributed by atoms with van der Waals surface area (Å²) in [5.74, 6) is 2.09. The van der Waals surface area contributed by atoms with Crippen LogP contribution in [0.5, 0.6) is 0 Å². The van der Waals surface area contributed by atoms with Gasteiger partial charge in [-0.05, 0) is 50.4 Å². The molecule has 1 atom stereocenters. The third-order valence-corrected chi connectivity index (χ3v) is 5.04. The molecule has 114 valence electrons. The van der Waals surface area contributed by atoms with Gasteiger partial charge < -0.3 is 10.6 Å². The molecule has 0 radical (unpaired) electrons. The summed E-state index contributed by atoms with van der Waals surface area (Å²) >= 11 is 0. The van der Waals surface area contributed by atoms with Crippen LogP contribution in [0.1, 0.15) is 44.9 Å². The van der Waals surface area contributed by atoms with Crippen molar-refractivity contribution in [2.45, 2.75) is 51.0 Å². The second-order valence-corrected chi connectivity index (χ2v) is 7.02. The predicted molar refractivity (Wildman–Crippen MR) is 80.3 cm³/mol. The molecule has 2 aliphatic carbocycles. The minimum absolute atomic E-state index is 0.268. The van der Waals surface area contributed by atoms with Gasteiger partial charge >= 0.3 is 0 Å². The number of carbonyl (C=O) groups excluding carboxylic acids is 1. The molecule has 3 fully saturated rings. The van der Waals surface area contributed by atoms with Gasteiger partial charge in [-0.25, -0.2) is 0 Å². The Morgan fingerprint density at radius 3 is 2.10 bits per heavy atom. The Labute approximate surface area is 122 Å². The molecule has 1 unspecified atom stereocenters. The largest absolute Gasteiger partial charge is 0.343 e. The first-order chi connectivity index (χ1) is 9.76. The van der Waals surface area contributed by atoms with Crippen molar-refractivity contribution in [1.29, 1.82) is 0 Å². The van der Waals surface area contributed by atoms with Crippen molar-refractivity contribution in [2.24, 2.45) is 17.6 Å². The second-order valence-electron chi connectivity index (χ2n) is 7.02. The van der Waals surface area contributed by atoms with E-state index in [1.54, 1.807) is 0 Å². The summed E-state index contributed by atoms with van der Waals surface area (Å²) in [6.07, 6.45) is 8.48. The Kier molecular flexibility index (Phi) is 4.61. The molecule has 0 aromatic rings. The van der Waals surface area contributed by atoms with Crippen molar-refractivity contribution in [1.82, 2.24) is 9.80 Å². The first-order valence-electron chi connectivity index (χ1n) is 8.48.